The van der Waals surface area contributed by atoms with Crippen LogP contribution in [0.5, 0.6) is 5.88 Å². The van der Waals surface area contributed by atoms with Gasteiger partial charge in [0.2, 0.25) is 5.88 Å². The molecule has 0 unspecified atom stereocenters. The maximum absolute atomic E-state index is 5.81. The molecule has 0 amide bonds. The van der Waals surface area contributed by atoms with Gasteiger partial charge in [0.1, 0.15) is 6.61 Å². The van der Waals surface area contributed by atoms with Gasteiger partial charge in [-0.25, -0.2) is 4.98 Å². The molecular weight excluding hydrogens is 210 g/mol. The predicted molar refractivity (Wildman–Crippen MR) is 60.0 cm³/mol. The molecule has 0 aliphatic carbocycles. The molecular formula is C12H10ClNO. The Morgan fingerprint density at radius 3 is 2.67 bits per heavy atom. The van der Waals surface area contributed by atoms with Gasteiger partial charge in [0.15, 0.2) is 0 Å². The molecule has 0 spiro atoms. The smallest absolute Gasteiger partial charge is 0.215 e. The highest BCUT2D eigenvalue weighted by Gasteiger charge is 1.97. The second-order valence-corrected chi connectivity index (χ2v) is 3.52. The molecule has 76 valence electrons. The van der Waals surface area contributed by atoms with E-state index in [2.05, 4.69) is 4.98 Å². The molecule has 2 nitrogen and oxygen atoms in total. The first-order chi connectivity index (χ1) is 7.34. The van der Waals surface area contributed by atoms with E-state index >= 15 is 0 Å². The first kappa shape index (κ1) is 9.99. The van der Waals surface area contributed by atoms with Crippen LogP contribution in [0, 0.1) is 0 Å². The summed E-state index contributed by atoms with van der Waals surface area (Å²) in [6.07, 6.45) is 1.63. The van der Waals surface area contributed by atoms with Crippen LogP contribution < -0.4 is 4.74 Å². The van der Waals surface area contributed by atoms with E-state index in [9.17, 15) is 0 Å². The van der Waals surface area contributed by atoms with E-state index in [0.717, 1.165) is 5.56 Å². The molecule has 1 heterocycles. The van der Waals surface area contributed by atoms with Crippen molar-refractivity contribution in [1.29, 1.82) is 0 Å². The topological polar surface area (TPSA) is 22.1 Å². The van der Waals surface area contributed by atoms with E-state index in [1.54, 1.807) is 18.3 Å². The Bertz CT molecular complexity index is 431. The Hall–Kier alpha value is -1.54. The number of aromatic nitrogens is 1. The fraction of sp³-hybridized carbons (Fsp3) is 0.0833. The number of rotatable bonds is 3. The summed E-state index contributed by atoms with van der Waals surface area (Å²) in [5.74, 6) is 0.548. The van der Waals surface area contributed by atoms with Crippen molar-refractivity contribution in [2.45, 2.75) is 6.61 Å². The lowest BCUT2D eigenvalue weighted by molar-refractivity contribution is 0.294. The molecule has 0 aliphatic heterocycles. The van der Waals surface area contributed by atoms with Gasteiger partial charge in [-0.2, -0.15) is 0 Å². The van der Waals surface area contributed by atoms with Gasteiger partial charge in [-0.3, -0.25) is 0 Å². The first-order valence-electron chi connectivity index (χ1n) is 4.63. The summed E-state index contributed by atoms with van der Waals surface area (Å²) in [5, 5.41) is 0.632. The molecule has 0 fully saturated rings. The van der Waals surface area contributed by atoms with Crippen molar-refractivity contribution in [3.8, 4) is 5.88 Å². The van der Waals surface area contributed by atoms with E-state index in [1.807, 2.05) is 30.3 Å². The highest BCUT2D eigenvalue weighted by atomic mass is 35.5. The van der Waals surface area contributed by atoms with Crippen LogP contribution in [0.15, 0.2) is 48.7 Å². The van der Waals surface area contributed by atoms with Gasteiger partial charge in [0.05, 0.1) is 0 Å². The number of hydrogen-bond donors (Lipinski definition) is 0. The first-order valence-corrected chi connectivity index (χ1v) is 5.01. The zero-order valence-electron chi connectivity index (χ0n) is 8.06. The fourth-order valence-corrected chi connectivity index (χ4v) is 1.35. The van der Waals surface area contributed by atoms with E-state index < -0.39 is 0 Å². The fourth-order valence-electron chi connectivity index (χ4n) is 1.20. The molecule has 0 bridgehead atoms. The molecule has 0 N–H and O–H groups in total. The number of benzene rings is 1. The zero-order valence-corrected chi connectivity index (χ0v) is 8.82. The minimum atomic E-state index is 0.508. The van der Waals surface area contributed by atoms with Crippen LogP contribution in [0.4, 0.5) is 0 Å². The third kappa shape index (κ3) is 2.96. The van der Waals surface area contributed by atoms with Crippen LogP contribution in [0.1, 0.15) is 5.56 Å². The number of ether oxygens (including phenoxy) is 1. The summed E-state index contributed by atoms with van der Waals surface area (Å²) in [6, 6.07) is 13.4. The van der Waals surface area contributed by atoms with Crippen LogP contribution in [0.25, 0.3) is 0 Å². The van der Waals surface area contributed by atoms with Crippen LogP contribution in [0.3, 0.4) is 0 Å². The maximum Gasteiger partial charge on any atom is 0.215 e. The standard InChI is InChI=1S/C12H10ClNO/c13-11-6-7-14-12(8-11)15-9-10-4-2-1-3-5-10/h1-8H,9H2. The molecule has 1 aromatic carbocycles. The minimum Gasteiger partial charge on any atom is -0.473 e. The summed E-state index contributed by atoms with van der Waals surface area (Å²) >= 11 is 5.81. The van der Waals surface area contributed by atoms with Gasteiger partial charge < -0.3 is 4.74 Å². The third-order valence-corrected chi connectivity index (χ3v) is 2.16. The normalized spacial score (nSPS) is 9.93. The predicted octanol–water partition coefficient (Wildman–Crippen LogP) is 3.31. The zero-order chi connectivity index (χ0) is 10.5. The summed E-state index contributed by atoms with van der Waals surface area (Å²) in [6.45, 7) is 0.508. The Balaban J connectivity index is 1.99. The average Bonchev–Trinajstić information content (AvgIpc) is 2.28. The summed E-state index contributed by atoms with van der Waals surface area (Å²) in [5.41, 5.74) is 1.11. The number of nitrogens with zero attached hydrogens (tertiary/aromatic N) is 1. The molecule has 0 saturated heterocycles. The van der Waals surface area contributed by atoms with Crippen molar-refractivity contribution >= 4 is 11.6 Å². The van der Waals surface area contributed by atoms with Gasteiger partial charge in [0, 0.05) is 17.3 Å². The molecule has 0 atom stereocenters. The lowest BCUT2D eigenvalue weighted by Gasteiger charge is -2.04. The van der Waals surface area contributed by atoms with Gasteiger partial charge in [-0.05, 0) is 11.6 Å². The molecule has 0 aliphatic rings. The van der Waals surface area contributed by atoms with Crippen molar-refractivity contribution in [3.05, 3.63) is 59.2 Å². The number of hydrogen-bond acceptors (Lipinski definition) is 2. The van der Waals surface area contributed by atoms with Gasteiger partial charge in [-0.1, -0.05) is 41.9 Å². The molecule has 0 saturated carbocycles. The molecule has 0 radical (unpaired) electrons. The lowest BCUT2D eigenvalue weighted by Crippen LogP contribution is -1.96. The Morgan fingerprint density at radius 1 is 1.13 bits per heavy atom. The molecule has 1 aromatic heterocycles. The molecule has 3 heteroatoms. The lowest BCUT2D eigenvalue weighted by atomic mass is 10.2. The van der Waals surface area contributed by atoms with Gasteiger partial charge >= 0.3 is 0 Å². The van der Waals surface area contributed by atoms with Gasteiger partial charge in [0.25, 0.3) is 0 Å². The van der Waals surface area contributed by atoms with E-state index in [1.165, 1.54) is 0 Å². The highest BCUT2D eigenvalue weighted by Crippen LogP contribution is 2.14. The summed E-state index contributed by atoms with van der Waals surface area (Å²) in [4.78, 5) is 4.05. The van der Waals surface area contributed by atoms with Crippen molar-refractivity contribution in [3.63, 3.8) is 0 Å². The molecule has 15 heavy (non-hydrogen) atoms. The minimum absolute atomic E-state index is 0.508. The Labute approximate surface area is 93.5 Å². The van der Waals surface area contributed by atoms with Crippen LogP contribution in [0.2, 0.25) is 5.02 Å². The van der Waals surface area contributed by atoms with Crippen molar-refractivity contribution < 1.29 is 4.74 Å². The van der Waals surface area contributed by atoms with E-state index in [4.69, 9.17) is 16.3 Å². The second kappa shape index (κ2) is 4.80. The maximum atomic E-state index is 5.81. The van der Waals surface area contributed by atoms with Crippen molar-refractivity contribution in [1.82, 2.24) is 4.98 Å². The van der Waals surface area contributed by atoms with Crippen LogP contribution in [-0.2, 0) is 6.61 Å². The summed E-state index contributed by atoms with van der Waals surface area (Å²) in [7, 11) is 0. The molecule has 2 aromatic rings. The average molecular weight is 220 g/mol. The second-order valence-electron chi connectivity index (χ2n) is 3.09. The van der Waals surface area contributed by atoms with E-state index in [0.29, 0.717) is 17.5 Å². The largest absolute Gasteiger partial charge is 0.473 e. The molecule has 2 rings (SSSR count). The number of pyridine rings is 1. The van der Waals surface area contributed by atoms with Crippen molar-refractivity contribution in [2.24, 2.45) is 0 Å². The van der Waals surface area contributed by atoms with Crippen LogP contribution in [-0.4, -0.2) is 4.98 Å². The van der Waals surface area contributed by atoms with Crippen molar-refractivity contribution in [2.75, 3.05) is 0 Å². The Morgan fingerprint density at radius 2 is 1.93 bits per heavy atom. The highest BCUT2D eigenvalue weighted by molar-refractivity contribution is 6.30. The monoisotopic (exact) mass is 219 g/mol. The van der Waals surface area contributed by atoms with Gasteiger partial charge in [-0.15, -0.1) is 0 Å². The van der Waals surface area contributed by atoms with Crippen LogP contribution >= 0.6 is 11.6 Å². The third-order valence-electron chi connectivity index (χ3n) is 1.93. The summed E-state index contributed by atoms with van der Waals surface area (Å²) < 4.78 is 5.48. The van der Waals surface area contributed by atoms with E-state index in [-0.39, 0.29) is 0 Å². The Kier molecular flexibility index (Phi) is 3.20. The number of halogens is 1. The SMILES string of the molecule is Clc1ccnc(OCc2ccccc2)c1. The quantitative estimate of drug-likeness (QED) is 0.790.